The maximum Gasteiger partial charge on any atom is 0.313 e. The van der Waals surface area contributed by atoms with Gasteiger partial charge in [0.2, 0.25) is 5.95 Å². The summed E-state index contributed by atoms with van der Waals surface area (Å²) in [6.45, 7) is 14.4. The second-order valence-corrected chi connectivity index (χ2v) is 16.2. The molecule has 23 heteroatoms. The third kappa shape index (κ3) is 14.9. The number of aromatic nitrogens is 15. The first-order valence-corrected chi connectivity index (χ1v) is 22.6. The number of aromatic amines is 2. The zero-order chi connectivity index (χ0) is 51.9. The minimum Gasteiger partial charge on any atom is -0.466 e. The molecular formula is C49H53ClN18O4. The number of anilines is 4. The minimum atomic E-state index is -0.440. The van der Waals surface area contributed by atoms with Gasteiger partial charge in [0.05, 0.1) is 6.61 Å². The van der Waals surface area contributed by atoms with E-state index in [0.717, 1.165) is 28.6 Å². The second kappa shape index (κ2) is 24.4. The zero-order valence-electron chi connectivity index (χ0n) is 40.8. The maximum atomic E-state index is 11.3. The van der Waals surface area contributed by atoms with Crippen molar-refractivity contribution in [2.24, 2.45) is 0 Å². The number of ketones is 1. The number of carbonyl (C=O) groups is 2. The van der Waals surface area contributed by atoms with Gasteiger partial charge in [-0.3, -0.25) is 19.5 Å². The van der Waals surface area contributed by atoms with E-state index in [1.165, 1.54) is 49.9 Å². The molecule has 0 atom stereocenters. The molecule has 0 amide bonds. The number of fused-ring (bicyclic) bond motifs is 5. The van der Waals surface area contributed by atoms with E-state index in [1.807, 2.05) is 69.3 Å². The highest BCUT2D eigenvalue weighted by molar-refractivity contribution is 6.29. The number of H-pyrrole nitrogens is 2. The third-order valence-electron chi connectivity index (χ3n) is 9.55. The van der Waals surface area contributed by atoms with Gasteiger partial charge in [-0.2, -0.15) is 33.6 Å². The molecule has 370 valence electrons. The molecule has 0 bridgehead atoms. The van der Waals surface area contributed by atoms with E-state index < -0.39 is 5.97 Å². The van der Waals surface area contributed by atoms with Crippen molar-refractivity contribution in [3.8, 4) is 0 Å². The lowest BCUT2D eigenvalue weighted by molar-refractivity contribution is -0.145. The number of nitrogens with one attached hydrogen (secondary N) is 3. The van der Waals surface area contributed by atoms with Gasteiger partial charge in [0.25, 0.3) is 22.9 Å². The van der Waals surface area contributed by atoms with E-state index in [9.17, 15) is 14.4 Å². The van der Waals surface area contributed by atoms with Crippen LogP contribution >= 0.6 is 11.6 Å². The van der Waals surface area contributed by atoms with Gasteiger partial charge < -0.3 is 21.5 Å². The molecule has 4 aromatic carbocycles. The summed E-state index contributed by atoms with van der Waals surface area (Å²) in [7, 11) is 0. The second-order valence-electron chi connectivity index (χ2n) is 15.8. The number of carbonyl (C=O) groups excluding carboxylic acids is 2. The van der Waals surface area contributed by atoms with E-state index in [4.69, 9.17) is 23.1 Å². The van der Waals surface area contributed by atoms with Crippen molar-refractivity contribution in [1.82, 2.24) is 73.9 Å². The molecule has 0 aliphatic rings. The number of aryl methyl sites for hydroxylation is 6. The molecule has 0 fully saturated rings. The van der Waals surface area contributed by atoms with Crippen molar-refractivity contribution in [1.29, 1.82) is 0 Å². The van der Waals surface area contributed by atoms with E-state index in [2.05, 4.69) is 113 Å². The Morgan fingerprint density at radius 1 is 0.681 bits per heavy atom. The van der Waals surface area contributed by atoms with Crippen LogP contribution in [0.25, 0.3) is 38.9 Å². The molecule has 0 saturated carbocycles. The number of nitrogens with two attached hydrogens (primary N) is 2. The number of benzene rings is 4. The van der Waals surface area contributed by atoms with Crippen LogP contribution in [0.3, 0.4) is 0 Å². The van der Waals surface area contributed by atoms with Crippen molar-refractivity contribution < 1.29 is 14.3 Å². The van der Waals surface area contributed by atoms with Gasteiger partial charge in [-0.25, -0.2) is 25.0 Å². The monoisotopic (exact) mass is 992 g/mol. The number of hydrogen-bond donors (Lipinski definition) is 5. The molecule has 0 aliphatic heterocycles. The molecular weight excluding hydrogens is 940 g/mol. The lowest BCUT2D eigenvalue weighted by Crippen LogP contribution is -2.14. The highest BCUT2D eigenvalue weighted by Crippen LogP contribution is 2.23. The van der Waals surface area contributed by atoms with Crippen LogP contribution in [0.4, 0.5) is 23.1 Å². The minimum absolute atomic E-state index is 0.103. The molecule has 0 unspecified atom stereocenters. The lowest BCUT2D eigenvalue weighted by atomic mass is 10.1. The molecule has 0 saturated heterocycles. The van der Waals surface area contributed by atoms with Crippen molar-refractivity contribution in [2.75, 3.05) is 23.4 Å². The molecule has 0 spiro atoms. The van der Waals surface area contributed by atoms with Gasteiger partial charge in [0, 0.05) is 40.6 Å². The van der Waals surface area contributed by atoms with Gasteiger partial charge in [-0.05, 0) is 107 Å². The number of nitrogen functional groups attached to an aromatic ring is 2. The molecule has 7 N–H and O–H groups in total. The number of esters is 1. The average Bonchev–Trinajstić information content (AvgIpc) is 4.14. The van der Waals surface area contributed by atoms with Crippen LogP contribution in [0.15, 0.2) is 114 Å². The number of nitrogens with zero attached hydrogens (tertiary/aromatic N) is 13. The standard InChI is InChI=1S/C17H15N5.C10H9N.C7H7ClN4.C7H8N4O.C6H10O3.C2H4N4/c1-11-9-16(22-17(18-11)19-12(2)21-22)20-15-8-7-13-5-3-4-6-14(13)10-15;11-10-6-5-8-3-1-2-4-9(8)7-10;1-4-3-6(8)12-7(9-4)10-5(2)11-12;1-4-3-6(12)11-7(8-4)9-5(2)10-11;1-3-9-6(8)4-5(2)7;3-2-4-1-5-6-2/h3-10,20H,1-2H3;1-7H,11H2;3H,1-2H3;3H,1-2H3,(H,8,9,10);3-4H2,1-2H3;1H,(H3,3,4,5,6). The Bertz CT molecular complexity index is 3660. The SMILES string of the molecule is CCOC(=O)CC(C)=O.Cc1cc(=O)n2[nH]c(C)nc2n1.Cc1cc(Cl)n2nc(C)nc2n1.Cc1cc(Nc2ccc3ccccc3c2)n2nc(C)nc2n1.Nc1ccc2ccccc2c1.Nc1ncn[nH]1. The quantitative estimate of drug-likeness (QED) is 0.0485. The third-order valence-corrected chi connectivity index (χ3v) is 9.82. The van der Waals surface area contributed by atoms with E-state index in [0.29, 0.717) is 58.2 Å². The molecule has 0 aliphatic carbocycles. The fraction of sp³-hybridized carbons (Fsp3) is 0.204. The smallest absolute Gasteiger partial charge is 0.313 e. The van der Waals surface area contributed by atoms with Gasteiger partial charge in [0.15, 0.2) is 0 Å². The molecule has 7 aromatic heterocycles. The average molecular weight is 994 g/mol. The fourth-order valence-corrected chi connectivity index (χ4v) is 6.84. The fourth-order valence-electron chi connectivity index (χ4n) is 6.57. The number of rotatable bonds is 5. The Morgan fingerprint density at radius 3 is 1.85 bits per heavy atom. The Kier molecular flexibility index (Phi) is 17.7. The highest BCUT2D eigenvalue weighted by Gasteiger charge is 2.09. The molecule has 11 aromatic rings. The van der Waals surface area contributed by atoms with Crippen molar-refractivity contribution >= 4 is 85.4 Å². The van der Waals surface area contributed by atoms with Crippen LogP contribution in [0.2, 0.25) is 5.15 Å². The molecule has 72 heavy (non-hydrogen) atoms. The van der Waals surface area contributed by atoms with E-state index in [1.54, 1.807) is 38.3 Å². The van der Waals surface area contributed by atoms with Crippen LogP contribution in [-0.4, -0.2) is 92.3 Å². The normalized spacial score (nSPS) is 10.4. The predicted octanol–water partition coefficient (Wildman–Crippen LogP) is 7.40. The molecule has 11 rings (SSSR count). The molecule has 0 radical (unpaired) electrons. The largest absolute Gasteiger partial charge is 0.466 e. The van der Waals surface area contributed by atoms with Crippen LogP contribution in [-0.2, 0) is 14.3 Å². The summed E-state index contributed by atoms with van der Waals surface area (Å²) in [5.74, 6) is 4.28. The van der Waals surface area contributed by atoms with Crippen LogP contribution in [0, 0.1) is 41.5 Å². The maximum absolute atomic E-state index is 11.3. The summed E-state index contributed by atoms with van der Waals surface area (Å²) >= 11 is 5.90. The first-order chi connectivity index (χ1) is 34.4. The summed E-state index contributed by atoms with van der Waals surface area (Å²) in [6.07, 6.45) is 1.25. The molecule has 7 heterocycles. The first-order valence-electron chi connectivity index (χ1n) is 22.2. The Balaban J connectivity index is 0.000000148. The van der Waals surface area contributed by atoms with Crippen molar-refractivity contribution in [3.05, 3.63) is 160 Å². The van der Waals surface area contributed by atoms with Crippen molar-refractivity contribution in [2.45, 2.75) is 61.8 Å². The van der Waals surface area contributed by atoms with Crippen LogP contribution < -0.4 is 22.3 Å². The summed E-state index contributed by atoms with van der Waals surface area (Å²) < 4.78 is 9.07. The number of halogens is 1. The first kappa shape index (κ1) is 52.2. The van der Waals surface area contributed by atoms with Gasteiger partial charge in [-0.1, -0.05) is 72.3 Å². The summed E-state index contributed by atoms with van der Waals surface area (Å²) in [5.41, 5.74) is 14.8. The lowest BCUT2D eigenvalue weighted by Gasteiger charge is -2.09. The van der Waals surface area contributed by atoms with Gasteiger partial charge in [-0.15, -0.1) is 10.2 Å². The zero-order valence-corrected chi connectivity index (χ0v) is 41.5. The van der Waals surface area contributed by atoms with Gasteiger partial charge >= 0.3 is 5.97 Å². The number of ether oxygens (including phenoxy) is 1. The summed E-state index contributed by atoms with van der Waals surface area (Å²) in [4.78, 5) is 60.5. The van der Waals surface area contributed by atoms with E-state index >= 15 is 0 Å². The Labute approximate surface area is 416 Å². The van der Waals surface area contributed by atoms with E-state index in [-0.39, 0.29) is 17.8 Å². The van der Waals surface area contributed by atoms with Gasteiger partial charge in [0.1, 0.15) is 47.0 Å². The van der Waals surface area contributed by atoms with Crippen molar-refractivity contribution in [3.63, 3.8) is 0 Å². The number of Topliss-reactive ketones (excluding diaryl/α,β-unsaturated/α-hetero) is 1. The summed E-state index contributed by atoms with van der Waals surface area (Å²) in [6, 6.07) is 33.9. The Morgan fingerprint density at radius 2 is 1.25 bits per heavy atom. The number of hydrogen-bond acceptors (Lipinski definition) is 17. The topological polar surface area (TPSA) is 298 Å². The predicted molar refractivity (Wildman–Crippen MR) is 277 cm³/mol. The summed E-state index contributed by atoms with van der Waals surface area (Å²) in [5, 5.41) is 25.9. The van der Waals surface area contributed by atoms with Crippen LogP contribution in [0.1, 0.15) is 54.8 Å². The molecule has 22 nitrogen and oxygen atoms in total. The Hall–Kier alpha value is -9.18. The van der Waals surface area contributed by atoms with Crippen LogP contribution in [0.5, 0.6) is 0 Å². The highest BCUT2D eigenvalue weighted by atomic mass is 35.5.